The van der Waals surface area contributed by atoms with Crippen LogP contribution in [0, 0.1) is 6.92 Å². The van der Waals surface area contributed by atoms with Crippen molar-refractivity contribution in [2.75, 3.05) is 5.32 Å². The van der Waals surface area contributed by atoms with Crippen LogP contribution in [0.2, 0.25) is 0 Å². The minimum Gasteiger partial charge on any atom is -0.379 e. The number of anilines is 1. The second-order valence-corrected chi connectivity index (χ2v) is 4.37. The maximum atomic E-state index is 11.3. The summed E-state index contributed by atoms with van der Waals surface area (Å²) in [6.45, 7) is 5.51. The van der Waals surface area contributed by atoms with Gasteiger partial charge >= 0.3 is 0 Å². The van der Waals surface area contributed by atoms with Gasteiger partial charge in [0.15, 0.2) is 0 Å². The van der Waals surface area contributed by atoms with E-state index in [0.717, 1.165) is 23.5 Å². The van der Waals surface area contributed by atoms with Gasteiger partial charge < -0.3 is 15.6 Å². The number of hydrogen-bond acceptors (Lipinski definition) is 3. The number of benzene rings is 1. The van der Waals surface area contributed by atoms with Gasteiger partial charge in [-0.2, -0.15) is 0 Å². The molecule has 1 amide bonds. The van der Waals surface area contributed by atoms with Gasteiger partial charge in [0.25, 0.3) is 0 Å². The van der Waals surface area contributed by atoms with E-state index >= 15 is 0 Å². The average Bonchev–Trinajstić information content (AvgIpc) is 2.84. The van der Waals surface area contributed by atoms with Crippen LogP contribution in [-0.4, -0.2) is 15.5 Å². The molecule has 0 unspecified atom stereocenters. The van der Waals surface area contributed by atoms with Crippen molar-refractivity contribution in [1.29, 1.82) is 0 Å². The molecule has 1 heterocycles. The second-order valence-electron chi connectivity index (χ2n) is 4.37. The Bertz CT molecular complexity index is 589. The van der Waals surface area contributed by atoms with Crippen LogP contribution in [0.1, 0.15) is 28.5 Å². The van der Waals surface area contributed by atoms with Crippen molar-refractivity contribution in [2.24, 2.45) is 5.73 Å². The van der Waals surface area contributed by atoms with Crippen LogP contribution in [0.5, 0.6) is 0 Å². The molecule has 1 aromatic heterocycles. The third-order valence-electron chi connectivity index (χ3n) is 3.20. The van der Waals surface area contributed by atoms with E-state index in [9.17, 15) is 4.79 Å². The number of carbonyl (C=O) groups excluding carboxylic acids is 1. The van der Waals surface area contributed by atoms with Crippen LogP contribution in [-0.2, 0) is 13.1 Å². The number of imidazole rings is 1. The van der Waals surface area contributed by atoms with Gasteiger partial charge in [0, 0.05) is 24.0 Å². The van der Waals surface area contributed by atoms with Crippen molar-refractivity contribution in [3.63, 3.8) is 0 Å². The first-order valence-corrected chi connectivity index (χ1v) is 6.25. The molecule has 2 aromatic rings. The molecule has 0 bridgehead atoms. The molecule has 0 aliphatic carbocycles. The number of rotatable bonds is 5. The average molecular weight is 258 g/mol. The molecular formula is C14H18N4O. The number of carbonyl (C=O) groups is 1. The van der Waals surface area contributed by atoms with E-state index in [2.05, 4.69) is 21.8 Å². The molecule has 0 aliphatic heterocycles. The Kier molecular flexibility index (Phi) is 3.85. The summed E-state index contributed by atoms with van der Waals surface area (Å²) in [5.41, 5.74) is 8.78. The molecule has 0 saturated heterocycles. The Morgan fingerprint density at radius 1 is 1.47 bits per heavy atom. The molecule has 5 heteroatoms. The number of aryl methyl sites for hydroxylation is 1. The van der Waals surface area contributed by atoms with E-state index in [0.29, 0.717) is 12.1 Å². The fraction of sp³-hybridized carbons (Fsp3) is 0.286. The molecule has 19 heavy (non-hydrogen) atoms. The highest BCUT2D eigenvalue weighted by molar-refractivity contribution is 5.95. The first-order chi connectivity index (χ1) is 9.13. The van der Waals surface area contributed by atoms with Crippen LogP contribution in [0.3, 0.4) is 0 Å². The van der Waals surface area contributed by atoms with Crippen LogP contribution >= 0.6 is 0 Å². The van der Waals surface area contributed by atoms with E-state index in [1.807, 2.05) is 31.6 Å². The Balaban J connectivity index is 2.16. The molecule has 2 rings (SSSR count). The van der Waals surface area contributed by atoms with Gasteiger partial charge in [0.2, 0.25) is 5.91 Å². The number of primary amides is 1. The lowest BCUT2D eigenvalue weighted by Crippen LogP contribution is -2.14. The highest BCUT2D eigenvalue weighted by atomic mass is 16.1. The number of aromatic nitrogens is 2. The minimum absolute atomic E-state index is 0.403. The summed E-state index contributed by atoms with van der Waals surface area (Å²) in [6.07, 6.45) is 3.65. The number of nitrogens with zero attached hydrogens (tertiary/aromatic N) is 2. The van der Waals surface area contributed by atoms with E-state index in [1.54, 1.807) is 6.07 Å². The lowest BCUT2D eigenvalue weighted by Gasteiger charge is -2.12. The van der Waals surface area contributed by atoms with Crippen molar-refractivity contribution in [1.82, 2.24) is 9.55 Å². The third kappa shape index (κ3) is 2.76. The van der Waals surface area contributed by atoms with Crippen LogP contribution < -0.4 is 11.1 Å². The van der Waals surface area contributed by atoms with Gasteiger partial charge in [-0.05, 0) is 31.5 Å². The van der Waals surface area contributed by atoms with Gasteiger partial charge in [-0.3, -0.25) is 4.79 Å². The van der Waals surface area contributed by atoms with E-state index in [1.165, 1.54) is 0 Å². The van der Waals surface area contributed by atoms with Crippen molar-refractivity contribution < 1.29 is 4.79 Å². The summed E-state index contributed by atoms with van der Waals surface area (Å²) in [5.74, 6) is -0.403. The zero-order chi connectivity index (χ0) is 13.8. The Hall–Kier alpha value is -2.30. The fourth-order valence-electron chi connectivity index (χ4n) is 2.06. The zero-order valence-corrected chi connectivity index (χ0v) is 11.2. The summed E-state index contributed by atoms with van der Waals surface area (Å²) in [4.78, 5) is 15.4. The number of nitrogens with two attached hydrogens (primary N) is 1. The van der Waals surface area contributed by atoms with Gasteiger partial charge in [-0.1, -0.05) is 6.07 Å². The summed E-state index contributed by atoms with van der Waals surface area (Å²) in [5, 5.41) is 3.32. The van der Waals surface area contributed by atoms with E-state index in [-0.39, 0.29) is 0 Å². The van der Waals surface area contributed by atoms with E-state index < -0.39 is 5.91 Å². The maximum absolute atomic E-state index is 11.3. The summed E-state index contributed by atoms with van der Waals surface area (Å²) >= 11 is 0. The molecule has 100 valence electrons. The monoisotopic (exact) mass is 258 g/mol. The van der Waals surface area contributed by atoms with Gasteiger partial charge in [-0.25, -0.2) is 4.98 Å². The molecule has 5 nitrogen and oxygen atoms in total. The standard InChI is InChI=1S/C14H18N4O/c1-3-18-9-16-7-11(18)8-17-13-6-4-5-12(10(13)2)14(15)19/h4-7,9,17H,3,8H2,1-2H3,(H2,15,19). The maximum Gasteiger partial charge on any atom is 0.249 e. The number of amides is 1. The first-order valence-electron chi connectivity index (χ1n) is 6.25. The summed E-state index contributed by atoms with van der Waals surface area (Å²) in [7, 11) is 0. The second kappa shape index (κ2) is 5.56. The largest absolute Gasteiger partial charge is 0.379 e. The van der Waals surface area contributed by atoms with Crippen molar-refractivity contribution in [3.8, 4) is 0 Å². The Morgan fingerprint density at radius 3 is 2.95 bits per heavy atom. The van der Waals surface area contributed by atoms with Gasteiger partial charge in [0.1, 0.15) is 0 Å². The molecule has 0 radical (unpaired) electrons. The molecular weight excluding hydrogens is 240 g/mol. The van der Waals surface area contributed by atoms with E-state index in [4.69, 9.17) is 5.73 Å². The lowest BCUT2D eigenvalue weighted by atomic mass is 10.1. The predicted octanol–water partition coefficient (Wildman–Crippen LogP) is 1.92. The van der Waals surface area contributed by atoms with Crippen molar-refractivity contribution >= 4 is 11.6 Å². The zero-order valence-electron chi connectivity index (χ0n) is 11.2. The number of hydrogen-bond donors (Lipinski definition) is 2. The lowest BCUT2D eigenvalue weighted by molar-refractivity contribution is 0.1000. The summed E-state index contributed by atoms with van der Waals surface area (Å²) in [6, 6.07) is 5.50. The van der Waals surface area contributed by atoms with Crippen LogP contribution in [0.25, 0.3) is 0 Å². The molecule has 1 aromatic carbocycles. The fourth-order valence-corrected chi connectivity index (χ4v) is 2.06. The molecule has 0 atom stereocenters. The molecule has 0 aliphatic rings. The normalized spacial score (nSPS) is 10.4. The number of nitrogens with one attached hydrogen (secondary N) is 1. The Labute approximate surface area is 112 Å². The molecule has 0 fully saturated rings. The topological polar surface area (TPSA) is 72.9 Å². The first kappa shape index (κ1) is 13.1. The molecule has 0 saturated carbocycles. The predicted molar refractivity (Wildman–Crippen MR) is 74.9 cm³/mol. The quantitative estimate of drug-likeness (QED) is 0.860. The van der Waals surface area contributed by atoms with Gasteiger partial charge in [0.05, 0.1) is 18.6 Å². The molecule has 3 N–H and O–H groups in total. The molecule has 0 spiro atoms. The summed E-state index contributed by atoms with van der Waals surface area (Å²) < 4.78 is 2.07. The Morgan fingerprint density at radius 2 is 2.26 bits per heavy atom. The van der Waals surface area contributed by atoms with Crippen molar-refractivity contribution in [2.45, 2.75) is 26.9 Å². The van der Waals surface area contributed by atoms with Crippen molar-refractivity contribution in [3.05, 3.63) is 47.5 Å². The van der Waals surface area contributed by atoms with Gasteiger partial charge in [-0.15, -0.1) is 0 Å². The highest BCUT2D eigenvalue weighted by Crippen LogP contribution is 2.19. The van der Waals surface area contributed by atoms with Crippen LogP contribution in [0.15, 0.2) is 30.7 Å². The SMILES string of the molecule is CCn1cncc1CNc1cccc(C(N)=O)c1C. The van der Waals surface area contributed by atoms with Crippen LogP contribution in [0.4, 0.5) is 5.69 Å². The third-order valence-corrected chi connectivity index (χ3v) is 3.20. The highest BCUT2D eigenvalue weighted by Gasteiger charge is 2.08. The minimum atomic E-state index is -0.403. The smallest absolute Gasteiger partial charge is 0.249 e.